The minimum absolute atomic E-state index is 0.0226. The summed E-state index contributed by atoms with van der Waals surface area (Å²) in [5.74, 6) is -2.13. The molecule has 0 saturated carbocycles. The first-order valence-electron chi connectivity index (χ1n) is 12.9. The lowest BCUT2D eigenvalue weighted by Crippen LogP contribution is -2.28. The van der Waals surface area contributed by atoms with Gasteiger partial charge in [-0.2, -0.15) is 5.10 Å². The first-order chi connectivity index (χ1) is 19.1. The van der Waals surface area contributed by atoms with Gasteiger partial charge in [-0.1, -0.05) is 42.5 Å². The van der Waals surface area contributed by atoms with Crippen molar-refractivity contribution in [1.82, 2.24) is 5.43 Å². The van der Waals surface area contributed by atoms with Gasteiger partial charge in [-0.25, -0.2) is 5.43 Å². The summed E-state index contributed by atoms with van der Waals surface area (Å²) in [5, 5.41) is 28.5. The number of carbonyl (C=O) groups excluding carboxylic acids is 3. The summed E-state index contributed by atoms with van der Waals surface area (Å²) in [6.45, 7) is 5.49. The number of nitrogens with zero attached hydrogens (tertiary/aromatic N) is 1. The molecule has 0 saturated heterocycles. The van der Waals surface area contributed by atoms with E-state index in [-0.39, 0.29) is 41.6 Å². The number of ketones is 1. The van der Waals surface area contributed by atoms with Crippen molar-refractivity contribution < 1.29 is 24.6 Å². The monoisotopic (exact) mass is 537 g/mol. The number of aromatic hydroxyl groups is 2. The maximum Gasteiger partial charge on any atom is 0.275 e. The minimum atomic E-state index is -0.778. The summed E-state index contributed by atoms with van der Waals surface area (Å²) in [4.78, 5) is 39.2. The van der Waals surface area contributed by atoms with E-state index in [2.05, 4.69) is 15.8 Å². The van der Waals surface area contributed by atoms with Crippen molar-refractivity contribution in [1.29, 1.82) is 0 Å². The van der Waals surface area contributed by atoms with Crippen molar-refractivity contribution in [3.8, 4) is 11.5 Å². The smallest absolute Gasteiger partial charge is 0.275 e. The van der Waals surface area contributed by atoms with Gasteiger partial charge in [-0.3, -0.25) is 14.4 Å². The van der Waals surface area contributed by atoms with E-state index in [1.807, 2.05) is 44.2 Å². The van der Waals surface area contributed by atoms with Crippen LogP contribution >= 0.6 is 0 Å². The van der Waals surface area contributed by atoms with Crippen molar-refractivity contribution in [3.05, 3.63) is 101 Å². The molecule has 1 atom stereocenters. The van der Waals surface area contributed by atoms with Crippen LogP contribution in [0.2, 0.25) is 0 Å². The molecule has 2 amide bonds. The molecule has 0 spiro atoms. The summed E-state index contributed by atoms with van der Waals surface area (Å²) >= 11 is 0. The van der Waals surface area contributed by atoms with E-state index < -0.39 is 11.8 Å². The molecule has 4 aromatic carbocycles. The summed E-state index contributed by atoms with van der Waals surface area (Å²) in [6.07, 6.45) is 0.123. The van der Waals surface area contributed by atoms with Crippen LogP contribution < -0.4 is 10.7 Å². The van der Waals surface area contributed by atoms with Crippen molar-refractivity contribution in [2.75, 3.05) is 5.32 Å². The molecular weight excluding hydrogens is 506 g/mol. The van der Waals surface area contributed by atoms with Crippen molar-refractivity contribution in [2.45, 2.75) is 33.6 Å². The number of nitrogens with one attached hydrogen (secondary N) is 2. The molecule has 8 heteroatoms. The number of rotatable bonds is 9. The third-order valence-electron chi connectivity index (χ3n) is 6.76. The van der Waals surface area contributed by atoms with Crippen LogP contribution in [-0.4, -0.2) is 33.5 Å². The Hall–Kier alpha value is -4.98. The summed E-state index contributed by atoms with van der Waals surface area (Å²) in [5.41, 5.74) is 5.83. The van der Waals surface area contributed by atoms with Gasteiger partial charge in [-0.05, 0) is 85.5 Å². The lowest BCUT2D eigenvalue weighted by atomic mass is 9.92. The summed E-state index contributed by atoms with van der Waals surface area (Å²) in [6, 6.07) is 21.9. The molecule has 0 unspecified atom stereocenters. The number of carbonyl (C=O) groups is 3. The Labute approximate surface area is 232 Å². The quantitative estimate of drug-likeness (QED) is 0.120. The van der Waals surface area contributed by atoms with E-state index in [1.165, 1.54) is 30.3 Å². The molecule has 0 heterocycles. The Morgan fingerprint density at radius 2 is 1.60 bits per heavy atom. The first kappa shape index (κ1) is 28.0. The van der Waals surface area contributed by atoms with Crippen LogP contribution in [0.5, 0.6) is 11.5 Å². The van der Waals surface area contributed by atoms with Crippen molar-refractivity contribution >= 4 is 39.8 Å². The van der Waals surface area contributed by atoms with E-state index in [0.717, 1.165) is 16.5 Å². The second-order valence-electron chi connectivity index (χ2n) is 9.72. The highest BCUT2D eigenvalue weighted by atomic mass is 16.3. The molecule has 0 aromatic heterocycles. The molecular formula is C32H31N3O5. The van der Waals surface area contributed by atoms with Crippen LogP contribution in [-0.2, 0) is 4.79 Å². The van der Waals surface area contributed by atoms with E-state index >= 15 is 0 Å². The van der Waals surface area contributed by atoms with Crippen molar-refractivity contribution in [3.63, 3.8) is 0 Å². The molecule has 0 bridgehead atoms. The van der Waals surface area contributed by atoms with Crippen LogP contribution in [0.15, 0.2) is 84.0 Å². The minimum Gasteiger partial charge on any atom is -0.508 e. The van der Waals surface area contributed by atoms with E-state index in [0.29, 0.717) is 22.3 Å². The number of hydrogen-bond donors (Lipinski definition) is 4. The molecule has 204 valence electrons. The maximum absolute atomic E-state index is 13.2. The van der Waals surface area contributed by atoms with Gasteiger partial charge in [0.2, 0.25) is 5.91 Å². The number of amides is 2. The fourth-order valence-electron chi connectivity index (χ4n) is 4.40. The molecule has 4 rings (SSSR count). The molecule has 0 aliphatic carbocycles. The van der Waals surface area contributed by atoms with Crippen LogP contribution in [0.4, 0.5) is 5.69 Å². The van der Waals surface area contributed by atoms with Crippen molar-refractivity contribution in [2.24, 2.45) is 11.0 Å². The van der Waals surface area contributed by atoms with Gasteiger partial charge in [0.1, 0.15) is 11.5 Å². The highest BCUT2D eigenvalue weighted by Gasteiger charge is 2.23. The zero-order valence-electron chi connectivity index (χ0n) is 22.6. The normalized spacial score (nSPS) is 12.1. The highest BCUT2D eigenvalue weighted by molar-refractivity contribution is 6.14. The predicted octanol–water partition coefficient (Wildman–Crippen LogP) is 5.89. The van der Waals surface area contributed by atoms with Gasteiger partial charge in [-0.15, -0.1) is 0 Å². The molecule has 40 heavy (non-hydrogen) atoms. The molecule has 8 nitrogen and oxygen atoms in total. The zero-order valence-corrected chi connectivity index (χ0v) is 22.6. The van der Waals surface area contributed by atoms with Gasteiger partial charge < -0.3 is 15.5 Å². The Bertz CT molecular complexity index is 1610. The lowest BCUT2D eigenvalue weighted by molar-refractivity contribution is -0.116. The number of hydrazone groups is 1. The average molecular weight is 538 g/mol. The van der Waals surface area contributed by atoms with E-state index in [1.54, 1.807) is 25.1 Å². The number of fused-ring (bicyclic) bond motifs is 1. The Morgan fingerprint density at radius 1 is 0.875 bits per heavy atom. The zero-order chi connectivity index (χ0) is 28.8. The molecule has 0 fully saturated rings. The largest absolute Gasteiger partial charge is 0.508 e. The number of aryl methyl sites for hydroxylation is 2. The second kappa shape index (κ2) is 12.3. The number of Topliss-reactive ketones (excluding diaryl/α,β-unsaturated/α-hetero) is 1. The number of phenols is 2. The number of benzene rings is 4. The molecule has 0 radical (unpaired) electrons. The van der Waals surface area contributed by atoms with Gasteiger partial charge >= 0.3 is 0 Å². The second-order valence-corrected chi connectivity index (χ2v) is 9.72. The number of hydrogen-bond acceptors (Lipinski definition) is 6. The van der Waals surface area contributed by atoms with Crippen LogP contribution in [0.3, 0.4) is 0 Å². The number of anilines is 1. The Balaban J connectivity index is 1.58. The van der Waals surface area contributed by atoms with Crippen LogP contribution in [0.1, 0.15) is 51.6 Å². The highest BCUT2D eigenvalue weighted by Crippen LogP contribution is 2.27. The summed E-state index contributed by atoms with van der Waals surface area (Å²) in [7, 11) is 0. The number of phenolic OH excluding ortho intramolecular Hbond substituents is 2. The lowest BCUT2D eigenvalue weighted by Gasteiger charge is -2.16. The Kier molecular flexibility index (Phi) is 8.59. The van der Waals surface area contributed by atoms with E-state index in [4.69, 9.17) is 0 Å². The third kappa shape index (κ3) is 6.53. The Morgan fingerprint density at radius 3 is 2.35 bits per heavy atom. The third-order valence-corrected chi connectivity index (χ3v) is 6.76. The average Bonchev–Trinajstić information content (AvgIpc) is 2.94. The van der Waals surface area contributed by atoms with Gasteiger partial charge in [0.25, 0.3) is 5.91 Å². The fourth-order valence-corrected chi connectivity index (χ4v) is 4.40. The van der Waals surface area contributed by atoms with Gasteiger partial charge in [0.05, 0.1) is 11.5 Å². The van der Waals surface area contributed by atoms with Crippen LogP contribution in [0.25, 0.3) is 10.8 Å². The SMILES string of the molecule is Cc1ccc(C)c(NC(=O)CC/C(=N/NC(=O)c2c(O)ccc3ccccc23)[C@@H](C)C(=O)c2ccc(O)cc2)c1. The first-order valence-corrected chi connectivity index (χ1v) is 12.9. The fraction of sp³-hybridized carbons (Fsp3) is 0.188. The molecule has 0 aliphatic rings. The topological polar surface area (TPSA) is 128 Å². The van der Waals surface area contributed by atoms with Crippen LogP contribution in [0, 0.1) is 19.8 Å². The maximum atomic E-state index is 13.2. The van der Waals surface area contributed by atoms with Gasteiger partial charge in [0.15, 0.2) is 5.78 Å². The predicted molar refractivity (Wildman–Crippen MR) is 156 cm³/mol. The molecule has 4 aromatic rings. The molecule has 4 N–H and O–H groups in total. The molecule has 0 aliphatic heterocycles. The van der Waals surface area contributed by atoms with E-state index in [9.17, 15) is 24.6 Å². The summed E-state index contributed by atoms with van der Waals surface area (Å²) < 4.78 is 0. The van der Waals surface area contributed by atoms with Gasteiger partial charge in [0, 0.05) is 23.4 Å². The standard InChI is InChI=1S/C32H31N3O5/c1-19-8-9-20(2)27(18-19)33-29(38)17-15-26(21(3)31(39)23-10-13-24(36)14-11-23)34-35-32(40)30-25-7-5-4-6-22(25)12-16-28(30)37/h4-14,16,18,21,36-37H,15,17H2,1-3H3,(H,33,38)(H,35,40)/b34-26-/t21-/m1/s1.